The maximum Gasteiger partial charge on any atom is 0.338 e. The first-order valence-electron chi connectivity index (χ1n) is 13.0. The summed E-state index contributed by atoms with van der Waals surface area (Å²) in [6.45, 7) is 3.55. The number of allylic oxidation sites excluding steroid dienone is 2. The number of nitrogens with zero attached hydrogens (tertiary/aromatic N) is 2. The first-order chi connectivity index (χ1) is 19.4. The number of hydrogen-bond acceptors (Lipinski definition) is 9. The first-order valence-corrected chi connectivity index (χ1v) is 13.8. The number of aromatic nitrogens is 1. The fourth-order valence-electron chi connectivity index (χ4n) is 5.47. The number of benzene rings is 1. The molecule has 0 fully saturated rings. The number of ether oxygens (including phenoxy) is 2. The van der Waals surface area contributed by atoms with Gasteiger partial charge in [-0.15, -0.1) is 11.3 Å². The van der Waals surface area contributed by atoms with Gasteiger partial charge in [-0.25, -0.2) is 9.18 Å². The van der Waals surface area contributed by atoms with Crippen LogP contribution < -0.4 is 10.6 Å². The van der Waals surface area contributed by atoms with Crippen LogP contribution in [0.5, 0.6) is 0 Å². The summed E-state index contributed by atoms with van der Waals surface area (Å²) in [6, 6.07) is 12.8. The minimum Gasteiger partial charge on any atom is -0.465 e. The van der Waals surface area contributed by atoms with E-state index in [1.165, 1.54) is 35.6 Å². The molecule has 1 aromatic carbocycles. The standard InChI is InChI=1S/C30H28FN3O5S/c1-3-38-29(36)24-20(22-8-6-14-40-22)15-21-25(27(24)35)23(17-7-5-13-33-16-17)26(30(37)39-4-2)28(32)34(21)19-11-9-18(31)10-12-19/h5-14,16,20,23-24H,3-4,15,32H2,1-2H3/t20-,23-,24-/m1/s1. The van der Waals surface area contributed by atoms with Gasteiger partial charge < -0.3 is 15.2 Å². The van der Waals surface area contributed by atoms with Gasteiger partial charge in [0.2, 0.25) is 0 Å². The zero-order chi connectivity index (χ0) is 28.4. The van der Waals surface area contributed by atoms with E-state index in [1.807, 2.05) is 17.5 Å². The number of rotatable bonds is 7. The Morgan fingerprint density at radius 2 is 1.85 bits per heavy atom. The predicted octanol–water partition coefficient (Wildman–Crippen LogP) is 4.81. The number of nitrogens with two attached hydrogens (primary N) is 1. The van der Waals surface area contributed by atoms with Crippen LogP contribution in [0.2, 0.25) is 0 Å². The van der Waals surface area contributed by atoms with Gasteiger partial charge >= 0.3 is 11.9 Å². The molecular weight excluding hydrogens is 533 g/mol. The number of anilines is 1. The Morgan fingerprint density at radius 1 is 1.10 bits per heavy atom. The molecule has 1 aliphatic carbocycles. The molecule has 3 heterocycles. The van der Waals surface area contributed by atoms with Crippen LogP contribution in [0.1, 0.15) is 42.5 Å². The number of halogens is 1. The average Bonchev–Trinajstić information content (AvgIpc) is 3.49. The van der Waals surface area contributed by atoms with Crippen molar-refractivity contribution in [1.29, 1.82) is 0 Å². The normalized spacial score (nSPS) is 20.8. The molecule has 0 spiro atoms. The number of esters is 2. The second kappa shape index (κ2) is 11.4. The smallest absolute Gasteiger partial charge is 0.338 e. The summed E-state index contributed by atoms with van der Waals surface area (Å²) >= 11 is 1.44. The summed E-state index contributed by atoms with van der Waals surface area (Å²) in [7, 11) is 0. The molecule has 8 nitrogen and oxygen atoms in total. The Kier molecular flexibility index (Phi) is 7.79. The molecule has 3 aromatic rings. The van der Waals surface area contributed by atoms with E-state index in [0.29, 0.717) is 16.9 Å². The highest BCUT2D eigenvalue weighted by molar-refractivity contribution is 7.10. The number of carbonyl (C=O) groups excluding carboxylic acids is 3. The van der Waals surface area contributed by atoms with Gasteiger partial charge in [0.05, 0.1) is 24.7 Å². The number of pyridine rings is 1. The second-order valence-corrected chi connectivity index (χ2v) is 10.3. The number of hydrogen-bond donors (Lipinski definition) is 1. The van der Waals surface area contributed by atoms with Gasteiger partial charge in [0, 0.05) is 40.1 Å². The van der Waals surface area contributed by atoms with Crippen LogP contribution in [-0.2, 0) is 23.9 Å². The van der Waals surface area contributed by atoms with Crippen LogP contribution in [-0.4, -0.2) is 35.9 Å². The molecule has 40 heavy (non-hydrogen) atoms. The highest BCUT2D eigenvalue weighted by Crippen LogP contribution is 2.52. The third-order valence-corrected chi connectivity index (χ3v) is 8.09. The first kappa shape index (κ1) is 27.3. The van der Waals surface area contributed by atoms with Crippen molar-refractivity contribution in [2.75, 3.05) is 18.1 Å². The third kappa shape index (κ3) is 4.79. The Labute approximate surface area is 234 Å². The molecule has 206 valence electrons. The van der Waals surface area contributed by atoms with Crippen molar-refractivity contribution >= 4 is 34.7 Å². The van der Waals surface area contributed by atoms with Crippen LogP contribution in [0, 0.1) is 11.7 Å². The van der Waals surface area contributed by atoms with Crippen molar-refractivity contribution in [2.45, 2.75) is 32.1 Å². The van der Waals surface area contributed by atoms with Gasteiger partial charge in [0.15, 0.2) is 5.78 Å². The SMILES string of the molecule is CCOC(=O)C1=C(N)N(c2ccc(F)cc2)C2=C(C(=O)[C@H](C(=O)OCC)[C@@H](c3cccs3)C2)[C@H]1c1cccnc1. The third-order valence-electron chi connectivity index (χ3n) is 7.09. The van der Waals surface area contributed by atoms with E-state index in [0.717, 1.165) is 4.88 Å². The quantitative estimate of drug-likeness (QED) is 0.323. The Hall–Kier alpha value is -4.31. The molecular formula is C30H28FN3O5S. The summed E-state index contributed by atoms with van der Waals surface area (Å²) in [5, 5.41) is 1.89. The molecule has 2 N–H and O–H groups in total. The lowest BCUT2D eigenvalue weighted by atomic mass is 9.68. The number of Topliss-reactive ketones (excluding diaryl/α,β-unsaturated/α-hetero) is 1. The topological polar surface area (TPSA) is 112 Å². The molecule has 2 aliphatic rings. The molecule has 3 atom stereocenters. The van der Waals surface area contributed by atoms with Crippen molar-refractivity contribution < 1.29 is 28.2 Å². The molecule has 0 radical (unpaired) electrons. The van der Waals surface area contributed by atoms with Crippen molar-refractivity contribution in [1.82, 2.24) is 4.98 Å². The van der Waals surface area contributed by atoms with Gasteiger partial charge in [0.25, 0.3) is 0 Å². The van der Waals surface area contributed by atoms with E-state index in [-0.39, 0.29) is 36.6 Å². The lowest BCUT2D eigenvalue weighted by molar-refractivity contribution is -0.152. The molecule has 0 amide bonds. The summed E-state index contributed by atoms with van der Waals surface area (Å²) in [6.07, 6.45) is 3.39. The van der Waals surface area contributed by atoms with E-state index in [1.54, 1.807) is 43.3 Å². The van der Waals surface area contributed by atoms with Crippen molar-refractivity contribution in [2.24, 2.45) is 11.7 Å². The maximum atomic E-state index is 14.6. The zero-order valence-electron chi connectivity index (χ0n) is 22.0. The summed E-state index contributed by atoms with van der Waals surface area (Å²) in [5.41, 5.74) is 8.58. The summed E-state index contributed by atoms with van der Waals surface area (Å²) in [5.74, 6) is -4.78. The molecule has 5 rings (SSSR count). The Balaban J connectivity index is 1.80. The van der Waals surface area contributed by atoms with Crippen molar-refractivity contribution in [3.8, 4) is 0 Å². The monoisotopic (exact) mass is 561 g/mol. The molecule has 0 bridgehead atoms. The van der Waals surface area contributed by atoms with E-state index < -0.39 is 41.3 Å². The molecule has 0 unspecified atom stereocenters. The van der Waals surface area contributed by atoms with Gasteiger partial charge in [-0.2, -0.15) is 0 Å². The Morgan fingerprint density at radius 3 is 2.48 bits per heavy atom. The molecule has 0 saturated heterocycles. The largest absolute Gasteiger partial charge is 0.465 e. The van der Waals surface area contributed by atoms with Gasteiger partial charge in [-0.3, -0.25) is 19.5 Å². The highest BCUT2D eigenvalue weighted by Gasteiger charge is 2.51. The van der Waals surface area contributed by atoms with Crippen molar-refractivity contribution in [3.63, 3.8) is 0 Å². The highest BCUT2D eigenvalue weighted by atomic mass is 32.1. The lowest BCUT2D eigenvalue weighted by Crippen LogP contribution is -2.46. The van der Waals surface area contributed by atoms with E-state index in [4.69, 9.17) is 15.2 Å². The summed E-state index contributed by atoms with van der Waals surface area (Å²) < 4.78 is 24.7. The van der Waals surface area contributed by atoms with E-state index >= 15 is 0 Å². The van der Waals surface area contributed by atoms with Crippen LogP contribution >= 0.6 is 11.3 Å². The van der Waals surface area contributed by atoms with E-state index in [9.17, 15) is 18.8 Å². The Bertz CT molecular complexity index is 1490. The van der Waals surface area contributed by atoms with Crippen LogP contribution in [0.15, 0.2) is 89.0 Å². The number of carbonyl (C=O) groups is 3. The second-order valence-electron chi connectivity index (χ2n) is 9.33. The number of ketones is 1. The fraction of sp³-hybridized carbons (Fsp3) is 0.267. The average molecular weight is 562 g/mol. The molecule has 0 saturated carbocycles. The van der Waals surface area contributed by atoms with Crippen LogP contribution in [0.3, 0.4) is 0 Å². The van der Waals surface area contributed by atoms with Crippen LogP contribution in [0.4, 0.5) is 10.1 Å². The molecule has 10 heteroatoms. The zero-order valence-corrected chi connectivity index (χ0v) is 22.8. The predicted molar refractivity (Wildman–Crippen MR) is 148 cm³/mol. The maximum absolute atomic E-state index is 14.6. The fourth-order valence-corrected chi connectivity index (χ4v) is 6.34. The van der Waals surface area contributed by atoms with Gasteiger partial charge in [-0.05, 0) is 67.6 Å². The van der Waals surface area contributed by atoms with Crippen LogP contribution in [0.25, 0.3) is 0 Å². The van der Waals surface area contributed by atoms with Gasteiger partial charge in [0.1, 0.15) is 17.6 Å². The summed E-state index contributed by atoms with van der Waals surface area (Å²) in [4.78, 5) is 48.0. The van der Waals surface area contributed by atoms with E-state index in [2.05, 4.69) is 4.98 Å². The molecule has 1 aliphatic heterocycles. The van der Waals surface area contributed by atoms with Crippen molar-refractivity contribution in [3.05, 3.63) is 105 Å². The minimum absolute atomic E-state index is 0.0449. The minimum atomic E-state index is -1.13. The van der Waals surface area contributed by atoms with Gasteiger partial charge in [-0.1, -0.05) is 12.1 Å². The number of thiophene rings is 1. The lowest BCUT2D eigenvalue weighted by Gasteiger charge is -2.43. The molecule has 2 aromatic heterocycles.